The van der Waals surface area contributed by atoms with Crippen molar-refractivity contribution < 1.29 is 26.3 Å². The molecule has 1 aliphatic heterocycles. The minimum atomic E-state index is -4.59. The van der Waals surface area contributed by atoms with Crippen molar-refractivity contribution in [2.24, 2.45) is 0 Å². The summed E-state index contributed by atoms with van der Waals surface area (Å²) < 4.78 is 80.6. The van der Waals surface area contributed by atoms with Crippen molar-refractivity contribution in [2.75, 3.05) is 31.5 Å². The number of nitrogens with zero attached hydrogens (tertiary/aromatic N) is 5. The molecule has 1 N–H and O–H groups in total. The lowest BCUT2D eigenvalue weighted by Crippen LogP contribution is -2.49. The molecule has 0 bridgehead atoms. The number of nitrogens with one attached hydrogen (secondary N) is 1. The Morgan fingerprint density at radius 2 is 1.53 bits per heavy atom. The van der Waals surface area contributed by atoms with Crippen LogP contribution in [0, 0.1) is 0 Å². The Morgan fingerprint density at radius 1 is 0.814 bits per heavy atom. The number of halogens is 6. The van der Waals surface area contributed by atoms with Gasteiger partial charge in [-0.05, 0) is 61.4 Å². The highest BCUT2D eigenvalue weighted by molar-refractivity contribution is 5.93. The molecule has 3 heterocycles. The zero-order valence-electron chi connectivity index (χ0n) is 23.2. The van der Waals surface area contributed by atoms with Crippen molar-refractivity contribution in [3.8, 4) is 11.3 Å². The van der Waals surface area contributed by atoms with Crippen LogP contribution < -0.4 is 5.32 Å². The molecule has 1 saturated carbocycles. The zero-order valence-corrected chi connectivity index (χ0v) is 23.2. The van der Waals surface area contributed by atoms with Crippen molar-refractivity contribution >= 4 is 22.4 Å². The van der Waals surface area contributed by atoms with Crippen LogP contribution in [0.15, 0.2) is 60.8 Å². The van der Waals surface area contributed by atoms with Crippen molar-refractivity contribution in [1.29, 1.82) is 0 Å². The molecule has 6 nitrogen and oxygen atoms in total. The number of rotatable bonds is 6. The van der Waals surface area contributed by atoms with Crippen LogP contribution in [0.3, 0.4) is 0 Å². The van der Waals surface area contributed by atoms with E-state index in [2.05, 4.69) is 20.1 Å². The van der Waals surface area contributed by atoms with Crippen LogP contribution in [0.25, 0.3) is 22.2 Å². The van der Waals surface area contributed by atoms with E-state index in [1.54, 1.807) is 12.1 Å². The van der Waals surface area contributed by atoms with E-state index in [1.165, 1.54) is 56.1 Å². The quantitative estimate of drug-likeness (QED) is 0.231. The number of alkyl halides is 6. The van der Waals surface area contributed by atoms with Crippen LogP contribution in [0.4, 0.5) is 37.8 Å². The molecule has 4 aromatic rings. The standard InChI is InChI=1S/C31H30F6N6/c32-30(33,34)21-8-10-22(11-9-21)39-29-24-12-7-20(28-25(31(35,36)37)6-3-13-38-28)18-26(24)40-27(41-29)19-42-14-16-43(17-15-42)23-4-1-2-5-23/h3,6-13,18,23H,1-2,4-5,14-17,19H2,(H,39,40,41). The van der Waals surface area contributed by atoms with Gasteiger partial charge in [0, 0.05) is 55.1 Å². The number of aromatic nitrogens is 3. The van der Waals surface area contributed by atoms with E-state index in [1.807, 2.05) is 0 Å². The predicted octanol–water partition coefficient (Wildman–Crippen LogP) is 7.53. The lowest BCUT2D eigenvalue weighted by Gasteiger charge is -2.37. The highest BCUT2D eigenvalue weighted by Crippen LogP contribution is 2.37. The third kappa shape index (κ3) is 6.59. The lowest BCUT2D eigenvalue weighted by molar-refractivity contribution is -0.138. The van der Waals surface area contributed by atoms with Crippen LogP contribution in [0.1, 0.15) is 42.6 Å². The molecular formula is C31H30F6N6. The Kier molecular flexibility index (Phi) is 7.99. The Bertz CT molecular complexity index is 1570. The maximum absolute atomic E-state index is 13.8. The first kappa shape index (κ1) is 29.3. The van der Waals surface area contributed by atoms with Gasteiger partial charge in [-0.15, -0.1) is 0 Å². The topological polar surface area (TPSA) is 57.2 Å². The van der Waals surface area contributed by atoms with Gasteiger partial charge in [0.15, 0.2) is 0 Å². The summed E-state index contributed by atoms with van der Waals surface area (Å²) in [5, 5.41) is 3.62. The molecule has 2 fully saturated rings. The molecule has 2 aromatic carbocycles. The highest BCUT2D eigenvalue weighted by Gasteiger charge is 2.34. The Balaban J connectivity index is 1.33. The molecule has 0 spiro atoms. The number of fused-ring (bicyclic) bond motifs is 1. The normalized spacial score (nSPS) is 17.5. The molecule has 12 heteroatoms. The summed E-state index contributed by atoms with van der Waals surface area (Å²) in [6, 6.07) is 12.1. The fourth-order valence-corrected chi connectivity index (χ4v) is 5.99. The summed E-state index contributed by atoms with van der Waals surface area (Å²) in [7, 11) is 0. The van der Waals surface area contributed by atoms with E-state index in [4.69, 9.17) is 9.97 Å². The second-order valence-corrected chi connectivity index (χ2v) is 11.1. The number of hydrogen-bond acceptors (Lipinski definition) is 6. The van der Waals surface area contributed by atoms with Crippen molar-refractivity contribution in [3.05, 3.63) is 77.7 Å². The van der Waals surface area contributed by atoms with Gasteiger partial charge >= 0.3 is 12.4 Å². The molecule has 2 aliphatic rings. The van der Waals surface area contributed by atoms with E-state index in [-0.39, 0.29) is 11.3 Å². The monoisotopic (exact) mass is 600 g/mol. The van der Waals surface area contributed by atoms with Crippen molar-refractivity contribution in [2.45, 2.75) is 50.6 Å². The molecular weight excluding hydrogens is 570 g/mol. The van der Waals surface area contributed by atoms with Crippen molar-refractivity contribution in [1.82, 2.24) is 24.8 Å². The molecule has 0 amide bonds. The minimum absolute atomic E-state index is 0.211. The summed E-state index contributed by atoms with van der Waals surface area (Å²) in [5.74, 6) is 0.818. The number of hydrogen-bond donors (Lipinski definition) is 1. The summed E-state index contributed by atoms with van der Waals surface area (Å²) in [6.45, 7) is 3.99. The van der Waals surface area contributed by atoms with Crippen LogP contribution in [0.5, 0.6) is 0 Å². The molecule has 1 aliphatic carbocycles. The van der Waals surface area contributed by atoms with Gasteiger partial charge in [-0.1, -0.05) is 18.9 Å². The fraction of sp³-hybridized carbons (Fsp3) is 0.387. The summed E-state index contributed by atoms with van der Waals surface area (Å²) in [6.07, 6.45) is -2.73. The SMILES string of the molecule is FC(F)(F)c1ccc(Nc2nc(CN3CCN(C4CCCC4)CC3)nc3cc(-c4ncccc4C(F)(F)F)ccc23)cc1. The Morgan fingerprint density at radius 3 is 2.21 bits per heavy atom. The fourth-order valence-electron chi connectivity index (χ4n) is 5.99. The van der Waals surface area contributed by atoms with Gasteiger partial charge in [-0.2, -0.15) is 26.3 Å². The smallest absolute Gasteiger partial charge is 0.340 e. The largest absolute Gasteiger partial charge is 0.418 e. The minimum Gasteiger partial charge on any atom is -0.340 e. The molecule has 0 unspecified atom stereocenters. The zero-order chi connectivity index (χ0) is 30.2. The molecule has 1 saturated heterocycles. The molecule has 0 atom stereocenters. The number of anilines is 2. The highest BCUT2D eigenvalue weighted by atomic mass is 19.4. The molecule has 43 heavy (non-hydrogen) atoms. The van der Waals surface area contributed by atoms with Crippen LogP contribution in [-0.2, 0) is 18.9 Å². The van der Waals surface area contributed by atoms with E-state index < -0.39 is 23.5 Å². The van der Waals surface area contributed by atoms with Gasteiger partial charge in [0.25, 0.3) is 0 Å². The first-order valence-corrected chi connectivity index (χ1v) is 14.3. The first-order chi connectivity index (χ1) is 20.5. The number of pyridine rings is 1. The second-order valence-electron chi connectivity index (χ2n) is 11.1. The second kappa shape index (κ2) is 11.7. The Labute approximate surface area is 244 Å². The van der Waals surface area contributed by atoms with E-state index in [0.29, 0.717) is 40.8 Å². The van der Waals surface area contributed by atoms with Gasteiger partial charge in [0.2, 0.25) is 0 Å². The molecule has 6 rings (SSSR count). The maximum Gasteiger partial charge on any atom is 0.418 e. The van der Waals surface area contributed by atoms with Gasteiger partial charge in [-0.25, -0.2) is 9.97 Å². The third-order valence-electron chi connectivity index (χ3n) is 8.22. The first-order valence-electron chi connectivity index (χ1n) is 14.3. The van der Waals surface area contributed by atoms with Crippen LogP contribution in [-0.4, -0.2) is 57.0 Å². The lowest BCUT2D eigenvalue weighted by atomic mass is 10.0. The van der Waals surface area contributed by atoms with Gasteiger partial charge in [0.05, 0.1) is 28.9 Å². The summed E-state index contributed by atoms with van der Waals surface area (Å²) >= 11 is 0. The Hall–Kier alpha value is -3.77. The summed E-state index contributed by atoms with van der Waals surface area (Å²) in [4.78, 5) is 18.3. The van der Waals surface area contributed by atoms with Crippen molar-refractivity contribution in [3.63, 3.8) is 0 Å². The average Bonchev–Trinajstić information content (AvgIpc) is 3.52. The molecule has 0 radical (unpaired) electrons. The molecule has 226 valence electrons. The van der Waals surface area contributed by atoms with Gasteiger partial charge in [0.1, 0.15) is 11.6 Å². The van der Waals surface area contributed by atoms with E-state index >= 15 is 0 Å². The van der Waals surface area contributed by atoms with Crippen LogP contribution >= 0.6 is 0 Å². The average molecular weight is 601 g/mol. The van der Waals surface area contributed by atoms with Gasteiger partial charge < -0.3 is 5.32 Å². The van der Waals surface area contributed by atoms with E-state index in [9.17, 15) is 26.3 Å². The molecule has 2 aromatic heterocycles. The summed E-state index contributed by atoms with van der Waals surface area (Å²) in [5.41, 5.74) is -0.805. The van der Waals surface area contributed by atoms with Gasteiger partial charge in [-0.3, -0.25) is 14.8 Å². The third-order valence-corrected chi connectivity index (χ3v) is 8.22. The number of benzene rings is 2. The predicted molar refractivity (Wildman–Crippen MR) is 152 cm³/mol. The van der Waals surface area contributed by atoms with Crippen LogP contribution in [0.2, 0.25) is 0 Å². The maximum atomic E-state index is 13.8. The van der Waals surface area contributed by atoms with E-state index in [0.717, 1.165) is 44.4 Å². The number of piperazine rings is 1.